The molecule has 1 heterocycles. The number of hydrogen-bond donors (Lipinski definition) is 1. The Hall–Kier alpha value is -2.56. The minimum absolute atomic E-state index is 0.682. The van der Waals surface area contributed by atoms with E-state index in [2.05, 4.69) is 30.3 Å². The van der Waals surface area contributed by atoms with E-state index in [1.807, 2.05) is 50.2 Å². The second-order valence-electron chi connectivity index (χ2n) is 8.24. The lowest BCUT2D eigenvalue weighted by Crippen LogP contribution is -2.49. The molecule has 3 nitrogen and oxygen atoms in total. The van der Waals surface area contributed by atoms with Crippen molar-refractivity contribution in [2.24, 2.45) is 0 Å². The SMILES string of the molecule is CC(C)(O)C(C)(C)O[B]c1ccc(-c2ccc3oc4ccccc4c3c2)cc1. The molecule has 1 radical (unpaired) electrons. The third-order valence-corrected chi connectivity index (χ3v) is 5.58. The first-order valence-electron chi connectivity index (χ1n) is 9.50. The van der Waals surface area contributed by atoms with Crippen LogP contribution in [0, 0.1) is 0 Å². The molecule has 0 saturated carbocycles. The van der Waals surface area contributed by atoms with E-state index in [0.29, 0.717) is 0 Å². The van der Waals surface area contributed by atoms with Gasteiger partial charge in [0.05, 0.1) is 11.2 Å². The molecule has 1 aromatic heterocycles. The van der Waals surface area contributed by atoms with E-state index in [9.17, 15) is 5.11 Å². The van der Waals surface area contributed by atoms with Gasteiger partial charge < -0.3 is 14.2 Å². The van der Waals surface area contributed by atoms with Crippen molar-refractivity contribution in [3.63, 3.8) is 0 Å². The molecule has 4 heteroatoms. The van der Waals surface area contributed by atoms with Gasteiger partial charge in [-0.15, -0.1) is 0 Å². The maximum atomic E-state index is 10.2. The van der Waals surface area contributed by atoms with Crippen LogP contribution in [-0.2, 0) is 4.65 Å². The van der Waals surface area contributed by atoms with Crippen molar-refractivity contribution in [1.29, 1.82) is 0 Å². The summed E-state index contributed by atoms with van der Waals surface area (Å²) in [6.45, 7) is 7.25. The second-order valence-corrected chi connectivity index (χ2v) is 8.24. The molecule has 4 aromatic rings. The molecule has 0 spiro atoms. The molecule has 0 aliphatic rings. The van der Waals surface area contributed by atoms with Gasteiger partial charge in [0.25, 0.3) is 0 Å². The first-order valence-corrected chi connectivity index (χ1v) is 9.50. The van der Waals surface area contributed by atoms with Gasteiger partial charge >= 0.3 is 7.48 Å². The van der Waals surface area contributed by atoms with Crippen molar-refractivity contribution in [1.82, 2.24) is 0 Å². The van der Waals surface area contributed by atoms with Crippen LogP contribution < -0.4 is 5.46 Å². The van der Waals surface area contributed by atoms with Crippen LogP contribution in [0.3, 0.4) is 0 Å². The molecule has 0 saturated heterocycles. The zero-order valence-corrected chi connectivity index (χ0v) is 16.7. The molecule has 4 rings (SSSR count). The summed E-state index contributed by atoms with van der Waals surface area (Å²) in [5, 5.41) is 12.5. The first kappa shape index (κ1) is 18.8. The molecule has 0 bridgehead atoms. The van der Waals surface area contributed by atoms with E-state index >= 15 is 0 Å². The van der Waals surface area contributed by atoms with E-state index in [1.54, 1.807) is 21.3 Å². The van der Waals surface area contributed by atoms with E-state index < -0.39 is 11.2 Å². The Morgan fingerprint density at radius 2 is 1.43 bits per heavy atom. The van der Waals surface area contributed by atoms with Gasteiger partial charge in [0.15, 0.2) is 0 Å². The molecule has 1 N–H and O–H groups in total. The van der Waals surface area contributed by atoms with Crippen LogP contribution in [0.1, 0.15) is 27.7 Å². The van der Waals surface area contributed by atoms with Crippen molar-refractivity contribution < 1.29 is 14.2 Å². The van der Waals surface area contributed by atoms with Gasteiger partial charge in [-0.25, -0.2) is 0 Å². The molecule has 0 fully saturated rings. The van der Waals surface area contributed by atoms with Crippen LogP contribution in [0.4, 0.5) is 0 Å². The van der Waals surface area contributed by atoms with Crippen molar-refractivity contribution in [3.8, 4) is 11.1 Å². The molecule has 0 aliphatic heterocycles. The lowest BCUT2D eigenvalue weighted by Gasteiger charge is -2.37. The lowest BCUT2D eigenvalue weighted by molar-refractivity contribution is -0.0893. The fraction of sp³-hybridized carbons (Fsp3) is 0.250. The molecule has 141 valence electrons. The summed E-state index contributed by atoms with van der Waals surface area (Å²) >= 11 is 0. The predicted molar refractivity (Wildman–Crippen MR) is 116 cm³/mol. The summed E-state index contributed by atoms with van der Waals surface area (Å²) < 4.78 is 11.7. The predicted octanol–water partition coefficient (Wildman–Crippen LogP) is 5.06. The molecule has 0 aliphatic carbocycles. The highest BCUT2D eigenvalue weighted by atomic mass is 16.5. The Balaban J connectivity index is 1.58. The minimum atomic E-state index is -0.938. The average Bonchev–Trinajstić information content (AvgIpc) is 3.04. The normalized spacial score (nSPS) is 12.6. The van der Waals surface area contributed by atoms with Crippen molar-refractivity contribution in [3.05, 3.63) is 66.7 Å². The number of para-hydroxylation sites is 1. The van der Waals surface area contributed by atoms with Gasteiger partial charge in [-0.1, -0.05) is 54.0 Å². The number of aliphatic hydroxyl groups is 1. The molecule has 0 unspecified atom stereocenters. The van der Waals surface area contributed by atoms with E-state index in [1.165, 1.54) is 0 Å². The minimum Gasteiger partial charge on any atom is -0.456 e. The number of fused-ring (bicyclic) bond motifs is 3. The summed E-state index contributed by atoms with van der Waals surface area (Å²) in [6, 6.07) is 22.6. The quantitative estimate of drug-likeness (QED) is 0.499. The van der Waals surface area contributed by atoms with Crippen molar-refractivity contribution in [2.45, 2.75) is 38.9 Å². The highest BCUT2D eigenvalue weighted by Crippen LogP contribution is 2.32. The molecular formula is C24H24BO3. The number of benzene rings is 3. The second kappa shape index (κ2) is 6.80. The average molecular weight is 371 g/mol. The summed E-state index contributed by atoms with van der Waals surface area (Å²) in [6.07, 6.45) is 0. The molecular weight excluding hydrogens is 347 g/mol. The smallest absolute Gasteiger partial charge is 0.330 e. The third-order valence-electron chi connectivity index (χ3n) is 5.58. The highest BCUT2D eigenvalue weighted by molar-refractivity contribution is 6.47. The maximum Gasteiger partial charge on any atom is 0.330 e. The maximum absolute atomic E-state index is 10.2. The highest BCUT2D eigenvalue weighted by Gasteiger charge is 2.35. The zero-order chi connectivity index (χ0) is 19.9. The van der Waals surface area contributed by atoms with Gasteiger partial charge in [0.2, 0.25) is 0 Å². The Morgan fingerprint density at radius 1 is 0.786 bits per heavy atom. The first-order chi connectivity index (χ1) is 13.2. The Labute approximate surface area is 166 Å². The monoisotopic (exact) mass is 371 g/mol. The Bertz CT molecular complexity index is 1120. The van der Waals surface area contributed by atoms with Crippen LogP contribution in [0.15, 0.2) is 71.1 Å². The number of rotatable bonds is 5. The van der Waals surface area contributed by atoms with Crippen LogP contribution in [-0.4, -0.2) is 23.8 Å². The van der Waals surface area contributed by atoms with Crippen molar-refractivity contribution in [2.75, 3.05) is 0 Å². The van der Waals surface area contributed by atoms with Gasteiger partial charge in [0.1, 0.15) is 11.2 Å². The summed E-state index contributed by atoms with van der Waals surface area (Å²) in [4.78, 5) is 0. The third kappa shape index (κ3) is 3.46. The van der Waals surface area contributed by atoms with Crippen LogP contribution in [0.5, 0.6) is 0 Å². The van der Waals surface area contributed by atoms with E-state index in [-0.39, 0.29) is 0 Å². The Kier molecular flexibility index (Phi) is 4.57. The lowest BCUT2D eigenvalue weighted by atomic mass is 9.82. The Morgan fingerprint density at radius 3 is 2.14 bits per heavy atom. The van der Waals surface area contributed by atoms with Crippen LogP contribution in [0.25, 0.3) is 33.1 Å². The van der Waals surface area contributed by atoms with Gasteiger partial charge in [0, 0.05) is 10.8 Å². The summed E-state index contributed by atoms with van der Waals surface area (Å²) in [7, 11) is 1.70. The number of hydrogen-bond acceptors (Lipinski definition) is 3. The molecule has 0 atom stereocenters. The van der Waals surface area contributed by atoms with Gasteiger partial charge in [-0.3, -0.25) is 0 Å². The van der Waals surface area contributed by atoms with Crippen molar-refractivity contribution >= 4 is 34.9 Å². The van der Waals surface area contributed by atoms with E-state index in [0.717, 1.165) is 38.5 Å². The zero-order valence-electron chi connectivity index (χ0n) is 16.7. The summed E-state index contributed by atoms with van der Waals surface area (Å²) in [5.41, 5.74) is 3.42. The fourth-order valence-electron chi connectivity index (χ4n) is 3.02. The van der Waals surface area contributed by atoms with Crippen LogP contribution in [0.2, 0.25) is 0 Å². The number of furan rings is 1. The topological polar surface area (TPSA) is 42.6 Å². The standard InChI is InChI=1S/C24H24BO3/c1-23(2,26)24(3,4)28-25-18-12-9-16(10-13-18)17-11-14-22-20(15-17)19-7-5-6-8-21(19)27-22/h5-15,26H,1-4H3. The molecule has 3 aromatic carbocycles. The van der Waals surface area contributed by atoms with Gasteiger partial charge in [-0.05, 0) is 57.0 Å². The largest absolute Gasteiger partial charge is 0.456 e. The van der Waals surface area contributed by atoms with Crippen LogP contribution >= 0.6 is 0 Å². The van der Waals surface area contributed by atoms with Gasteiger partial charge in [-0.2, -0.15) is 0 Å². The molecule has 0 amide bonds. The fourth-order valence-corrected chi connectivity index (χ4v) is 3.02. The summed E-state index contributed by atoms with van der Waals surface area (Å²) in [5.74, 6) is 0. The molecule has 28 heavy (non-hydrogen) atoms. The van der Waals surface area contributed by atoms with E-state index in [4.69, 9.17) is 9.07 Å².